The maximum absolute atomic E-state index is 6.70. The van der Waals surface area contributed by atoms with Gasteiger partial charge >= 0.3 is 0 Å². The Morgan fingerprint density at radius 3 is 1.88 bits per heavy atom. The number of benzene rings is 1. The Bertz CT molecular complexity index is 543. The molecule has 1 rings (SSSR count). The van der Waals surface area contributed by atoms with Crippen molar-refractivity contribution in [2.45, 2.75) is 65.1 Å². The van der Waals surface area contributed by atoms with Gasteiger partial charge in [0.2, 0.25) is 0 Å². The number of hydrogen-bond acceptors (Lipinski definition) is 1. The van der Waals surface area contributed by atoms with E-state index in [0.29, 0.717) is 16.6 Å². The Hall–Kier alpha value is -1.54. The standard InChI is InChI=1S/C22H34OSi/c1-8-22(17-13-12-16-21-14-10-9-11-15-21)23-24(18(2)3,19(4)5)20(6)7/h8-20H,1-7H3/b16-12+,17-13+,22-8-. The van der Waals surface area contributed by atoms with Crippen molar-refractivity contribution in [3.8, 4) is 0 Å². The van der Waals surface area contributed by atoms with E-state index in [-0.39, 0.29) is 0 Å². The first-order valence-electron chi connectivity index (χ1n) is 9.09. The van der Waals surface area contributed by atoms with Crippen LogP contribution in [0.25, 0.3) is 6.08 Å². The van der Waals surface area contributed by atoms with Gasteiger partial charge in [-0.15, -0.1) is 0 Å². The molecule has 0 aliphatic carbocycles. The third-order valence-corrected chi connectivity index (χ3v) is 10.7. The summed E-state index contributed by atoms with van der Waals surface area (Å²) < 4.78 is 6.70. The van der Waals surface area contributed by atoms with Gasteiger partial charge < -0.3 is 4.43 Å². The van der Waals surface area contributed by atoms with Gasteiger partial charge in [-0.25, -0.2) is 0 Å². The van der Waals surface area contributed by atoms with Crippen LogP contribution in [0.15, 0.2) is 60.4 Å². The second-order valence-electron chi connectivity index (χ2n) is 7.24. The first-order chi connectivity index (χ1) is 11.3. The highest BCUT2D eigenvalue weighted by Crippen LogP contribution is 2.43. The molecule has 0 amide bonds. The molecule has 0 fully saturated rings. The summed E-state index contributed by atoms with van der Waals surface area (Å²) in [5.41, 5.74) is 2.96. The fourth-order valence-electron chi connectivity index (χ4n) is 3.63. The monoisotopic (exact) mass is 342 g/mol. The summed E-state index contributed by atoms with van der Waals surface area (Å²) in [5.74, 6) is 0.996. The average molecular weight is 343 g/mol. The highest BCUT2D eigenvalue weighted by Gasteiger charge is 2.47. The van der Waals surface area contributed by atoms with Crippen LogP contribution in [-0.4, -0.2) is 8.32 Å². The van der Waals surface area contributed by atoms with Gasteiger partial charge in [-0.05, 0) is 41.3 Å². The molecule has 1 aromatic rings. The van der Waals surface area contributed by atoms with E-state index in [2.05, 4.69) is 103 Å². The lowest BCUT2D eigenvalue weighted by Gasteiger charge is -2.42. The summed E-state index contributed by atoms with van der Waals surface area (Å²) in [4.78, 5) is 0. The van der Waals surface area contributed by atoms with E-state index in [4.69, 9.17) is 4.43 Å². The SMILES string of the molecule is C/C=C(/C=C/C=C/c1ccccc1)O[Si](C(C)C)(C(C)C)C(C)C. The Balaban J connectivity index is 2.89. The van der Waals surface area contributed by atoms with E-state index in [1.54, 1.807) is 0 Å². The molecule has 2 heteroatoms. The van der Waals surface area contributed by atoms with E-state index >= 15 is 0 Å². The lowest BCUT2D eigenvalue weighted by Crippen LogP contribution is -2.47. The molecule has 0 saturated carbocycles. The normalized spacial score (nSPS) is 13.8. The van der Waals surface area contributed by atoms with Gasteiger partial charge in [0.25, 0.3) is 8.32 Å². The molecule has 0 radical (unpaired) electrons. The zero-order valence-corrected chi connectivity index (χ0v) is 17.4. The van der Waals surface area contributed by atoms with Crippen LogP contribution >= 0.6 is 0 Å². The largest absolute Gasteiger partial charge is 0.543 e. The topological polar surface area (TPSA) is 9.23 Å². The maximum Gasteiger partial charge on any atom is 0.258 e. The summed E-state index contributed by atoms with van der Waals surface area (Å²) in [6.07, 6.45) is 10.4. The van der Waals surface area contributed by atoms with E-state index in [1.807, 2.05) is 6.07 Å². The minimum atomic E-state index is -1.88. The van der Waals surface area contributed by atoms with Crippen LogP contribution < -0.4 is 0 Å². The lowest BCUT2D eigenvalue weighted by atomic mass is 10.2. The molecule has 0 unspecified atom stereocenters. The Morgan fingerprint density at radius 1 is 0.875 bits per heavy atom. The first kappa shape index (κ1) is 20.5. The Morgan fingerprint density at radius 2 is 1.42 bits per heavy atom. The summed E-state index contributed by atoms with van der Waals surface area (Å²) in [5, 5.41) is 0. The van der Waals surface area contributed by atoms with Gasteiger partial charge in [-0.1, -0.05) is 90.1 Å². The predicted octanol–water partition coefficient (Wildman–Crippen LogP) is 7.35. The van der Waals surface area contributed by atoms with Crippen molar-refractivity contribution in [3.63, 3.8) is 0 Å². The Kier molecular flexibility index (Phi) is 8.27. The Labute approximate surface area is 150 Å². The first-order valence-corrected chi connectivity index (χ1v) is 11.2. The van der Waals surface area contributed by atoms with Gasteiger partial charge in [-0.3, -0.25) is 0 Å². The van der Waals surface area contributed by atoms with Gasteiger partial charge in [0.05, 0.1) is 5.76 Å². The van der Waals surface area contributed by atoms with Crippen LogP contribution in [0.5, 0.6) is 0 Å². The van der Waals surface area contributed by atoms with Crippen molar-refractivity contribution in [3.05, 3.63) is 66.0 Å². The lowest BCUT2D eigenvalue weighted by molar-refractivity contribution is 0.386. The van der Waals surface area contributed by atoms with Gasteiger partial charge in [-0.2, -0.15) is 0 Å². The molecule has 1 aromatic carbocycles. The minimum Gasteiger partial charge on any atom is -0.543 e. The van der Waals surface area contributed by atoms with Crippen LogP contribution in [0.1, 0.15) is 54.0 Å². The molecule has 1 nitrogen and oxygen atoms in total. The molecule has 0 bridgehead atoms. The fourth-order valence-corrected chi connectivity index (χ4v) is 8.93. The van der Waals surface area contributed by atoms with Crippen molar-refractivity contribution in [1.29, 1.82) is 0 Å². The van der Waals surface area contributed by atoms with Gasteiger partial charge in [0.1, 0.15) is 0 Å². The summed E-state index contributed by atoms with van der Waals surface area (Å²) in [6.45, 7) is 16.0. The van der Waals surface area contributed by atoms with E-state index in [0.717, 1.165) is 5.76 Å². The quantitative estimate of drug-likeness (QED) is 0.272. The zero-order valence-electron chi connectivity index (χ0n) is 16.4. The molecule has 0 saturated heterocycles. The van der Waals surface area contributed by atoms with Gasteiger partial charge in [0.15, 0.2) is 0 Å². The number of hydrogen-bond donors (Lipinski definition) is 0. The van der Waals surface area contributed by atoms with E-state index < -0.39 is 8.32 Å². The second-order valence-corrected chi connectivity index (χ2v) is 12.6. The zero-order chi connectivity index (χ0) is 18.2. The third kappa shape index (κ3) is 5.24. The molecule has 0 aromatic heterocycles. The van der Waals surface area contributed by atoms with Crippen molar-refractivity contribution < 1.29 is 4.43 Å². The van der Waals surface area contributed by atoms with Crippen LogP contribution in [0.2, 0.25) is 16.6 Å². The van der Waals surface area contributed by atoms with Crippen molar-refractivity contribution in [1.82, 2.24) is 0 Å². The molecular formula is C22H34OSi. The summed E-state index contributed by atoms with van der Waals surface area (Å²) in [6, 6.07) is 10.3. The highest BCUT2D eigenvalue weighted by atomic mass is 28.4. The molecule has 0 aliphatic heterocycles. The molecule has 0 spiro atoms. The summed E-state index contributed by atoms with van der Waals surface area (Å²) >= 11 is 0. The molecule has 0 aliphatic rings. The minimum absolute atomic E-state index is 0.584. The van der Waals surface area contributed by atoms with Crippen LogP contribution in [0.4, 0.5) is 0 Å². The number of allylic oxidation sites excluding steroid dienone is 4. The third-order valence-electron chi connectivity index (χ3n) is 4.75. The molecule has 0 heterocycles. The molecular weight excluding hydrogens is 308 g/mol. The maximum atomic E-state index is 6.70. The van der Waals surface area contributed by atoms with Crippen LogP contribution in [0, 0.1) is 0 Å². The number of rotatable bonds is 8. The van der Waals surface area contributed by atoms with Crippen molar-refractivity contribution in [2.24, 2.45) is 0 Å². The van der Waals surface area contributed by atoms with Crippen molar-refractivity contribution >= 4 is 14.4 Å². The summed E-state index contributed by atoms with van der Waals surface area (Å²) in [7, 11) is -1.88. The molecule has 132 valence electrons. The molecule has 0 atom stereocenters. The second kappa shape index (κ2) is 9.68. The van der Waals surface area contributed by atoms with E-state index in [9.17, 15) is 0 Å². The van der Waals surface area contributed by atoms with Crippen molar-refractivity contribution in [2.75, 3.05) is 0 Å². The highest BCUT2D eigenvalue weighted by molar-refractivity contribution is 6.77. The van der Waals surface area contributed by atoms with Crippen LogP contribution in [-0.2, 0) is 4.43 Å². The fraction of sp³-hybridized carbons (Fsp3) is 0.455. The molecule has 0 N–H and O–H groups in total. The van der Waals surface area contributed by atoms with Gasteiger partial charge in [0, 0.05) is 0 Å². The smallest absolute Gasteiger partial charge is 0.258 e. The molecule has 24 heavy (non-hydrogen) atoms. The van der Waals surface area contributed by atoms with E-state index in [1.165, 1.54) is 5.56 Å². The average Bonchev–Trinajstić information content (AvgIpc) is 2.54. The predicted molar refractivity (Wildman–Crippen MR) is 111 cm³/mol. The van der Waals surface area contributed by atoms with Crippen LogP contribution in [0.3, 0.4) is 0 Å².